The molecule has 13 rings (SSSR count). The summed E-state index contributed by atoms with van der Waals surface area (Å²) in [7, 11) is -3.02. The SMILES string of the molecule is c1ccc(-n2c3ccccc3c3c([Si](c4ccccc4)(c4ccccc4)c4ccc(-n5c6ccccc6c6ccc7c(c8ccccc8n7-c7ccccc7)c65)cc4)cccc32)cc1. The third-order valence-corrected chi connectivity index (χ3v) is 18.4. The largest absolute Gasteiger partial charge is 0.309 e. The standard InChI is InChI=1S/C60H41N3Si/c1-5-20-42(21-6-1)61-53-32-17-14-29-50(53)58-55(61)34-19-35-57(58)64(45-24-9-3-10-25-45,46-26-11-4-12-27-46)47-38-36-44(37-39-47)63-52-31-16-13-28-48(52)49-40-41-56-59(60(49)63)51-30-15-18-33-54(51)62(56)43-22-7-2-8-23-43/h1-41H. The molecule has 0 saturated carbocycles. The quantitative estimate of drug-likeness (QED) is 0.112. The van der Waals surface area contributed by atoms with Gasteiger partial charge in [-0.05, 0) is 87.5 Å². The van der Waals surface area contributed by atoms with Crippen LogP contribution in [0.25, 0.3) is 82.5 Å². The zero-order chi connectivity index (χ0) is 42.2. The van der Waals surface area contributed by atoms with Gasteiger partial charge in [-0.3, -0.25) is 0 Å². The molecule has 0 radical (unpaired) electrons. The van der Waals surface area contributed by atoms with Crippen LogP contribution in [0, 0.1) is 0 Å². The molecule has 0 aliphatic rings. The number of aromatic nitrogens is 3. The molecule has 0 unspecified atom stereocenters. The first-order chi connectivity index (χ1) is 31.8. The van der Waals surface area contributed by atoms with E-state index in [-0.39, 0.29) is 0 Å². The molecule has 3 heterocycles. The molecular weight excluding hydrogens is 791 g/mol. The molecule has 300 valence electrons. The third kappa shape index (κ3) is 5.21. The Balaban J connectivity index is 1.12. The van der Waals surface area contributed by atoms with Crippen LogP contribution in [0.5, 0.6) is 0 Å². The zero-order valence-corrected chi connectivity index (χ0v) is 36.0. The van der Waals surface area contributed by atoms with Crippen LogP contribution in [0.15, 0.2) is 249 Å². The number of para-hydroxylation sites is 5. The molecular formula is C60H41N3Si. The molecule has 13 aromatic rings. The molecule has 0 fully saturated rings. The predicted octanol–water partition coefficient (Wildman–Crippen LogP) is 12.4. The van der Waals surface area contributed by atoms with E-state index in [9.17, 15) is 0 Å². The van der Waals surface area contributed by atoms with Crippen LogP contribution in [-0.4, -0.2) is 21.8 Å². The van der Waals surface area contributed by atoms with Gasteiger partial charge in [0.15, 0.2) is 8.07 Å². The first kappa shape index (κ1) is 36.5. The van der Waals surface area contributed by atoms with Crippen LogP contribution in [0.2, 0.25) is 0 Å². The highest BCUT2D eigenvalue weighted by Crippen LogP contribution is 2.42. The number of benzene rings is 10. The summed E-state index contributed by atoms with van der Waals surface area (Å²) in [5.41, 5.74) is 10.7. The molecule has 3 aromatic heterocycles. The Morgan fingerprint density at radius 2 is 0.641 bits per heavy atom. The fourth-order valence-corrected chi connectivity index (χ4v) is 16.0. The van der Waals surface area contributed by atoms with Crippen molar-refractivity contribution in [1.29, 1.82) is 0 Å². The summed E-state index contributed by atoms with van der Waals surface area (Å²) in [6.07, 6.45) is 0. The summed E-state index contributed by atoms with van der Waals surface area (Å²) in [4.78, 5) is 0. The number of hydrogen-bond acceptors (Lipinski definition) is 0. The summed E-state index contributed by atoms with van der Waals surface area (Å²) in [5, 5.41) is 13.0. The monoisotopic (exact) mass is 831 g/mol. The van der Waals surface area contributed by atoms with E-state index in [2.05, 4.69) is 262 Å². The Bertz CT molecular complexity index is 3830. The molecule has 64 heavy (non-hydrogen) atoms. The molecule has 0 atom stereocenters. The van der Waals surface area contributed by atoms with E-state index in [4.69, 9.17) is 0 Å². The van der Waals surface area contributed by atoms with Crippen molar-refractivity contribution in [2.45, 2.75) is 0 Å². The smallest absolute Gasteiger partial charge is 0.180 e. The van der Waals surface area contributed by atoms with Crippen LogP contribution in [-0.2, 0) is 0 Å². The van der Waals surface area contributed by atoms with Gasteiger partial charge >= 0.3 is 0 Å². The number of fused-ring (bicyclic) bond motifs is 10. The Morgan fingerprint density at radius 1 is 0.234 bits per heavy atom. The lowest BCUT2D eigenvalue weighted by molar-refractivity contribution is 1.17. The topological polar surface area (TPSA) is 14.8 Å². The fourth-order valence-electron chi connectivity index (χ4n) is 11.0. The summed E-state index contributed by atoms with van der Waals surface area (Å²) < 4.78 is 7.38. The van der Waals surface area contributed by atoms with Gasteiger partial charge in [0.25, 0.3) is 0 Å². The van der Waals surface area contributed by atoms with Gasteiger partial charge in [-0.25, -0.2) is 0 Å². The maximum atomic E-state index is 2.51. The summed E-state index contributed by atoms with van der Waals surface area (Å²) in [5.74, 6) is 0. The second-order valence-corrected chi connectivity index (χ2v) is 20.6. The highest BCUT2D eigenvalue weighted by molar-refractivity contribution is 7.20. The summed E-state index contributed by atoms with van der Waals surface area (Å²) >= 11 is 0. The average molecular weight is 832 g/mol. The summed E-state index contributed by atoms with van der Waals surface area (Å²) in [6, 6.07) is 92.3. The first-order valence-electron chi connectivity index (χ1n) is 22.1. The van der Waals surface area contributed by atoms with E-state index < -0.39 is 8.07 Å². The predicted molar refractivity (Wildman–Crippen MR) is 273 cm³/mol. The minimum absolute atomic E-state index is 1.14. The van der Waals surface area contributed by atoms with E-state index in [0.717, 1.165) is 17.1 Å². The lowest BCUT2D eigenvalue weighted by Gasteiger charge is -2.35. The Morgan fingerprint density at radius 3 is 1.20 bits per heavy atom. The van der Waals surface area contributed by atoms with Gasteiger partial charge in [0, 0.05) is 49.4 Å². The van der Waals surface area contributed by atoms with Crippen molar-refractivity contribution >= 4 is 94.2 Å². The molecule has 0 spiro atoms. The van der Waals surface area contributed by atoms with E-state index >= 15 is 0 Å². The number of rotatable bonds is 7. The molecule has 4 heteroatoms. The molecule has 0 N–H and O–H groups in total. The van der Waals surface area contributed by atoms with Gasteiger partial charge in [-0.1, -0.05) is 182 Å². The van der Waals surface area contributed by atoms with Gasteiger partial charge in [-0.15, -0.1) is 0 Å². The van der Waals surface area contributed by atoms with Crippen molar-refractivity contribution in [3.05, 3.63) is 249 Å². The van der Waals surface area contributed by atoms with Gasteiger partial charge in [0.05, 0.1) is 33.1 Å². The molecule has 10 aromatic carbocycles. The van der Waals surface area contributed by atoms with E-state index in [1.54, 1.807) is 0 Å². The summed E-state index contributed by atoms with van der Waals surface area (Å²) in [6.45, 7) is 0. The van der Waals surface area contributed by atoms with Crippen molar-refractivity contribution in [2.24, 2.45) is 0 Å². The van der Waals surface area contributed by atoms with Gasteiger partial charge in [0.1, 0.15) is 0 Å². The van der Waals surface area contributed by atoms with Crippen LogP contribution in [0.1, 0.15) is 0 Å². The Hall–Kier alpha value is -8.18. The molecule has 0 aliphatic heterocycles. The highest BCUT2D eigenvalue weighted by atomic mass is 28.3. The van der Waals surface area contributed by atoms with Crippen molar-refractivity contribution in [3.63, 3.8) is 0 Å². The van der Waals surface area contributed by atoms with Gasteiger partial charge in [-0.2, -0.15) is 0 Å². The fraction of sp³-hybridized carbons (Fsp3) is 0. The second kappa shape index (κ2) is 14.5. The van der Waals surface area contributed by atoms with Crippen molar-refractivity contribution < 1.29 is 0 Å². The van der Waals surface area contributed by atoms with E-state index in [1.165, 1.54) is 86.2 Å². The van der Waals surface area contributed by atoms with Crippen LogP contribution in [0.4, 0.5) is 0 Å². The lowest BCUT2D eigenvalue weighted by Crippen LogP contribution is -2.74. The van der Waals surface area contributed by atoms with Crippen LogP contribution < -0.4 is 20.7 Å². The van der Waals surface area contributed by atoms with Crippen molar-refractivity contribution in [1.82, 2.24) is 13.7 Å². The first-order valence-corrected chi connectivity index (χ1v) is 24.1. The van der Waals surface area contributed by atoms with E-state index in [1.807, 2.05) is 0 Å². The molecule has 0 aliphatic carbocycles. The molecule has 3 nitrogen and oxygen atoms in total. The van der Waals surface area contributed by atoms with Crippen LogP contribution >= 0.6 is 0 Å². The number of hydrogen-bond donors (Lipinski definition) is 0. The van der Waals surface area contributed by atoms with Gasteiger partial charge in [0.2, 0.25) is 0 Å². The van der Waals surface area contributed by atoms with Crippen LogP contribution in [0.3, 0.4) is 0 Å². The van der Waals surface area contributed by atoms with Crippen molar-refractivity contribution in [3.8, 4) is 17.1 Å². The van der Waals surface area contributed by atoms with Crippen molar-refractivity contribution in [2.75, 3.05) is 0 Å². The maximum absolute atomic E-state index is 3.02. The number of nitrogens with zero attached hydrogens (tertiary/aromatic N) is 3. The average Bonchev–Trinajstić information content (AvgIpc) is 4.02. The zero-order valence-electron chi connectivity index (χ0n) is 35.0. The van der Waals surface area contributed by atoms with Gasteiger partial charge < -0.3 is 13.7 Å². The lowest BCUT2D eigenvalue weighted by atomic mass is 10.1. The molecule has 0 saturated heterocycles. The maximum Gasteiger partial charge on any atom is 0.180 e. The molecule has 0 bridgehead atoms. The second-order valence-electron chi connectivity index (χ2n) is 16.8. The Labute approximate surface area is 372 Å². The Kier molecular flexibility index (Phi) is 8.23. The third-order valence-electron chi connectivity index (χ3n) is 13.6. The molecule has 0 amide bonds. The van der Waals surface area contributed by atoms with E-state index in [0.29, 0.717) is 0 Å². The highest BCUT2D eigenvalue weighted by Gasteiger charge is 2.43. The minimum atomic E-state index is -3.02. The normalized spacial score (nSPS) is 12.1. The minimum Gasteiger partial charge on any atom is -0.309 e.